The Hall–Kier alpha value is -0.990. The molecule has 1 rings (SSSR count). The Kier molecular flexibility index (Phi) is 5.24. The second-order valence-electron chi connectivity index (χ2n) is 3.18. The lowest BCUT2D eigenvalue weighted by Crippen LogP contribution is -1.99. The average molecular weight is 312 g/mol. The number of methoxy groups -OCH3 is 1. The molecule has 9 heteroatoms. The fourth-order valence-electron chi connectivity index (χ4n) is 1.16. The number of thioether (sulfide) groups is 1. The van der Waals surface area contributed by atoms with Crippen molar-refractivity contribution in [2.24, 2.45) is 0 Å². The summed E-state index contributed by atoms with van der Waals surface area (Å²) >= 11 is 1.23. The van der Waals surface area contributed by atoms with Gasteiger partial charge in [0.1, 0.15) is 0 Å². The summed E-state index contributed by atoms with van der Waals surface area (Å²) in [5.41, 5.74) is -0.133. The molecule has 0 bridgehead atoms. The van der Waals surface area contributed by atoms with Crippen LogP contribution < -0.4 is 4.74 Å². The number of rotatable bonds is 6. The minimum Gasteiger partial charge on any atom is -0.490 e. The van der Waals surface area contributed by atoms with Crippen molar-refractivity contribution in [2.75, 3.05) is 18.6 Å². The summed E-state index contributed by atoms with van der Waals surface area (Å²) in [5.74, 6) is 0.240. The van der Waals surface area contributed by atoms with Crippen LogP contribution in [0.15, 0.2) is 23.1 Å². The lowest BCUT2D eigenvalue weighted by molar-refractivity contribution is -0.385. The van der Waals surface area contributed by atoms with Gasteiger partial charge in [0.05, 0.1) is 17.8 Å². The first-order chi connectivity index (χ1) is 8.33. The first kappa shape index (κ1) is 15.1. The smallest absolute Gasteiger partial charge is 0.310 e. The molecule has 0 unspecified atom stereocenters. The predicted molar refractivity (Wildman–Crippen MR) is 70.0 cm³/mol. The van der Waals surface area contributed by atoms with Crippen molar-refractivity contribution in [3.63, 3.8) is 0 Å². The first-order valence-corrected chi connectivity index (χ1v) is 8.17. The normalized spacial score (nSPS) is 11.2. The standard InChI is InChI=1S/C9H10ClNO5S2/c1-16-9-6-7(2-3-8(9)11(12)13)17-4-5-18(10,14)15/h2-3,6H,4-5H2,1H3. The van der Waals surface area contributed by atoms with Gasteiger partial charge >= 0.3 is 5.69 Å². The fraction of sp³-hybridized carbons (Fsp3) is 0.333. The summed E-state index contributed by atoms with van der Waals surface area (Å²) in [7, 11) is 2.88. The van der Waals surface area contributed by atoms with E-state index in [2.05, 4.69) is 0 Å². The van der Waals surface area contributed by atoms with Gasteiger partial charge in [-0.1, -0.05) is 0 Å². The van der Waals surface area contributed by atoms with Gasteiger partial charge in [0, 0.05) is 33.5 Å². The molecule has 0 aliphatic heterocycles. The highest BCUT2D eigenvalue weighted by Gasteiger charge is 2.15. The van der Waals surface area contributed by atoms with Gasteiger partial charge in [-0.25, -0.2) is 8.42 Å². The molecule has 1 aromatic carbocycles. The number of hydrogen-bond donors (Lipinski definition) is 0. The van der Waals surface area contributed by atoms with E-state index in [0.29, 0.717) is 4.90 Å². The zero-order valence-electron chi connectivity index (χ0n) is 9.33. The maximum Gasteiger partial charge on any atom is 0.310 e. The molecule has 0 N–H and O–H groups in total. The molecule has 0 aliphatic carbocycles. The molecule has 0 saturated carbocycles. The van der Waals surface area contributed by atoms with E-state index < -0.39 is 14.0 Å². The van der Waals surface area contributed by atoms with Crippen LogP contribution in [-0.2, 0) is 9.05 Å². The summed E-state index contributed by atoms with van der Waals surface area (Å²) in [6.45, 7) is 0. The minimum absolute atomic E-state index is 0.133. The van der Waals surface area contributed by atoms with Crippen molar-refractivity contribution in [1.82, 2.24) is 0 Å². The molecule has 0 amide bonds. The van der Waals surface area contributed by atoms with E-state index in [9.17, 15) is 18.5 Å². The van der Waals surface area contributed by atoms with Crippen LogP contribution in [0.5, 0.6) is 5.75 Å². The van der Waals surface area contributed by atoms with Crippen LogP contribution in [0.2, 0.25) is 0 Å². The molecule has 18 heavy (non-hydrogen) atoms. The lowest BCUT2D eigenvalue weighted by atomic mass is 10.3. The Morgan fingerprint density at radius 3 is 2.67 bits per heavy atom. The van der Waals surface area contributed by atoms with Crippen molar-refractivity contribution in [3.8, 4) is 5.75 Å². The molecule has 0 aliphatic rings. The van der Waals surface area contributed by atoms with Crippen molar-refractivity contribution in [1.29, 1.82) is 0 Å². The van der Waals surface area contributed by atoms with Crippen molar-refractivity contribution >= 4 is 37.2 Å². The number of halogens is 1. The summed E-state index contributed by atoms with van der Waals surface area (Å²) in [6.07, 6.45) is 0. The molecule has 100 valence electrons. The molecule has 0 spiro atoms. The molecule has 0 saturated heterocycles. The third kappa shape index (κ3) is 4.71. The molecule has 0 heterocycles. The van der Waals surface area contributed by atoms with Crippen LogP contribution in [0.25, 0.3) is 0 Å². The number of nitro benzene ring substituents is 1. The SMILES string of the molecule is COc1cc(SCCS(=O)(=O)Cl)ccc1[N+](=O)[O-]. The van der Waals surface area contributed by atoms with Crippen LogP contribution >= 0.6 is 22.4 Å². The molecule has 0 aromatic heterocycles. The van der Waals surface area contributed by atoms with Crippen LogP contribution in [0.1, 0.15) is 0 Å². The monoisotopic (exact) mass is 311 g/mol. The van der Waals surface area contributed by atoms with Gasteiger partial charge in [-0.05, 0) is 6.07 Å². The highest BCUT2D eigenvalue weighted by atomic mass is 35.7. The number of nitrogens with zero attached hydrogens (tertiary/aromatic N) is 1. The maximum atomic E-state index is 10.7. The fourth-order valence-corrected chi connectivity index (χ4v) is 3.44. The van der Waals surface area contributed by atoms with Crippen molar-refractivity contribution in [2.45, 2.75) is 4.90 Å². The maximum absolute atomic E-state index is 10.7. The minimum atomic E-state index is -3.52. The highest BCUT2D eigenvalue weighted by Crippen LogP contribution is 2.31. The highest BCUT2D eigenvalue weighted by molar-refractivity contribution is 8.14. The Morgan fingerprint density at radius 2 is 2.17 bits per heavy atom. The lowest BCUT2D eigenvalue weighted by Gasteiger charge is -2.04. The van der Waals surface area contributed by atoms with Crippen LogP contribution in [0.4, 0.5) is 5.69 Å². The Morgan fingerprint density at radius 1 is 1.50 bits per heavy atom. The summed E-state index contributed by atoms with van der Waals surface area (Å²) in [4.78, 5) is 10.8. The topological polar surface area (TPSA) is 86.5 Å². The van der Waals surface area contributed by atoms with Gasteiger partial charge in [-0.3, -0.25) is 10.1 Å². The number of hydrogen-bond acceptors (Lipinski definition) is 6. The number of benzene rings is 1. The van der Waals surface area contributed by atoms with Crippen LogP contribution in [0, 0.1) is 10.1 Å². The van der Waals surface area contributed by atoms with Crippen molar-refractivity contribution < 1.29 is 18.1 Å². The van der Waals surface area contributed by atoms with Gasteiger partial charge in [-0.15, -0.1) is 11.8 Å². The van der Waals surface area contributed by atoms with Gasteiger partial charge in [-0.2, -0.15) is 0 Å². The molecular formula is C9H10ClNO5S2. The molecule has 0 fully saturated rings. The zero-order valence-corrected chi connectivity index (χ0v) is 11.7. The van der Waals surface area contributed by atoms with E-state index in [1.165, 1.54) is 37.1 Å². The third-order valence-corrected chi connectivity index (χ3v) is 4.35. The Bertz CT molecular complexity index is 546. The Balaban J connectivity index is 2.77. The number of nitro groups is 1. The molecule has 0 atom stereocenters. The second-order valence-corrected chi connectivity index (χ2v) is 7.25. The summed E-state index contributed by atoms with van der Waals surface area (Å²) in [5, 5.41) is 10.7. The molecule has 0 radical (unpaired) electrons. The largest absolute Gasteiger partial charge is 0.490 e. The summed E-state index contributed by atoms with van der Waals surface area (Å²) < 4.78 is 26.3. The molecular weight excluding hydrogens is 302 g/mol. The second kappa shape index (κ2) is 6.26. The first-order valence-electron chi connectivity index (χ1n) is 4.71. The van der Waals surface area contributed by atoms with Gasteiger partial charge in [0.2, 0.25) is 9.05 Å². The van der Waals surface area contributed by atoms with E-state index in [-0.39, 0.29) is 22.9 Å². The summed E-state index contributed by atoms with van der Waals surface area (Å²) in [6, 6.07) is 4.34. The van der Waals surface area contributed by atoms with E-state index in [1.807, 2.05) is 0 Å². The zero-order chi connectivity index (χ0) is 13.8. The van der Waals surface area contributed by atoms with Crippen molar-refractivity contribution in [3.05, 3.63) is 28.3 Å². The van der Waals surface area contributed by atoms with E-state index in [4.69, 9.17) is 15.4 Å². The van der Waals surface area contributed by atoms with Crippen LogP contribution in [-0.4, -0.2) is 32.0 Å². The third-order valence-electron chi connectivity index (χ3n) is 1.94. The van der Waals surface area contributed by atoms with Gasteiger partial charge in [0.25, 0.3) is 0 Å². The van der Waals surface area contributed by atoms with Gasteiger partial charge < -0.3 is 4.74 Å². The van der Waals surface area contributed by atoms with Crippen LogP contribution in [0.3, 0.4) is 0 Å². The van der Waals surface area contributed by atoms with E-state index >= 15 is 0 Å². The van der Waals surface area contributed by atoms with E-state index in [1.54, 1.807) is 0 Å². The number of ether oxygens (including phenoxy) is 1. The quantitative estimate of drug-likeness (QED) is 0.346. The molecule has 6 nitrogen and oxygen atoms in total. The van der Waals surface area contributed by atoms with Gasteiger partial charge in [0.15, 0.2) is 5.75 Å². The van der Waals surface area contributed by atoms with E-state index in [0.717, 1.165) is 0 Å². The predicted octanol–water partition coefficient (Wildman–Crippen LogP) is 2.26. The average Bonchev–Trinajstić information content (AvgIpc) is 2.26. The molecule has 1 aromatic rings. The Labute approximate surface area is 113 Å².